The quantitative estimate of drug-likeness (QED) is 0.839. The van der Waals surface area contributed by atoms with Gasteiger partial charge >= 0.3 is 0 Å². The van der Waals surface area contributed by atoms with Gasteiger partial charge in [0.15, 0.2) is 0 Å². The molecule has 2 aromatic carbocycles. The maximum atomic E-state index is 10.5. The molecule has 0 saturated carbocycles. The van der Waals surface area contributed by atoms with Gasteiger partial charge in [-0.3, -0.25) is 0 Å². The number of benzene rings is 2. The van der Waals surface area contributed by atoms with Gasteiger partial charge in [0.1, 0.15) is 0 Å². The van der Waals surface area contributed by atoms with Crippen molar-refractivity contribution in [3.63, 3.8) is 0 Å². The van der Waals surface area contributed by atoms with Crippen molar-refractivity contribution in [3.05, 3.63) is 64.6 Å². The van der Waals surface area contributed by atoms with Gasteiger partial charge in [0.25, 0.3) is 0 Å². The van der Waals surface area contributed by atoms with Gasteiger partial charge in [-0.2, -0.15) is 0 Å². The van der Waals surface area contributed by atoms with Gasteiger partial charge in [-0.05, 0) is 36.8 Å². The van der Waals surface area contributed by atoms with Crippen LogP contribution in [-0.2, 0) is 5.60 Å². The van der Waals surface area contributed by atoms with Crippen LogP contribution < -0.4 is 0 Å². The van der Waals surface area contributed by atoms with Gasteiger partial charge in [0, 0.05) is 15.1 Å². The molecule has 0 aliphatic rings. The molecule has 1 unspecified atom stereocenters. The van der Waals surface area contributed by atoms with E-state index in [-0.39, 0.29) is 0 Å². The van der Waals surface area contributed by atoms with E-state index in [0.717, 1.165) is 14.9 Å². The number of rotatable bonds is 4. The fraction of sp³-hybridized carbons (Fsp3) is 0.200. The molecule has 0 bridgehead atoms. The molecule has 2 rings (SSSR count). The Hall–Kier alpha value is -0.770. The highest BCUT2D eigenvalue weighted by molar-refractivity contribution is 9.10. The smallest absolute Gasteiger partial charge is 0.0962 e. The normalized spacial score (nSPS) is 14.2. The van der Waals surface area contributed by atoms with Gasteiger partial charge in [-0.15, -0.1) is 11.8 Å². The molecule has 94 valence electrons. The van der Waals surface area contributed by atoms with Crippen molar-refractivity contribution in [3.8, 4) is 0 Å². The van der Waals surface area contributed by atoms with E-state index < -0.39 is 5.60 Å². The lowest BCUT2D eigenvalue weighted by molar-refractivity contribution is 0.0839. The molecule has 0 aliphatic carbocycles. The molecule has 0 radical (unpaired) electrons. The second-order valence-electron chi connectivity index (χ2n) is 4.38. The highest BCUT2D eigenvalue weighted by atomic mass is 79.9. The van der Waals surface area contributed by atoms with E-state index in [1.807, 2.05) is 49.4 Å². The summed E-state index contributed by atoms with van der Waals surface area (Å²) in [5.74, 6) is 0.638. The first kappa shape index (κ1) is 13.7. The fourth-order valence-electron chi connectivity index (χ4n) is 1.64. The first-order valence-electron chi connectivity index (χ1n) is 5.74. The monoisotopic (exact) mass is 322 g/mol. The third-order valence-electron chi connectivity index (χ3n) is 2.73. The van der Waals surface area contributed by atoms with Crippen LogP contribution in [-0.4, -0.2) is 10.9 Å². The van der Waals surface area contributed by atoms with Crippen molar-refractivity contribution >= 4 is 27.7 Å². The molecular weight excluding hydrogens is 308 g/mol. The molecule has 1 nitrogen and oxygen atoms in total. The molecule has 18 heavy (non-hydrogen) atoms. The summed E-state index contributed by atoms with van der Waals surface area (Å²) in [6.07, 6.45) is 0. The molecule has 0 aromatic heterocycles. The van der Waals surface area contributed by atoms with Gasteiger partial charge in [-0.25, -0.2) is 0 Å². The summed E-state index contributed by atoms with van der Waals surface area (Å²) in [4.78, 5) is 1.16. The van der Waals surface area contributed by atoms with E-state index in [1.54, 1.807) is 11.8 Å². The van der Waals surface area contributed by atoms with Crippen molar-refractivity contribution in [2.24, 2.45) is 0 Å². The van der Waals surface area contributed by atoms with Crippen LogP contribution in [0.2, 0.25) is 0 Å². The predicted octanol–water partition coefficient (Wildman–Crippen LogP) is 4.45. The zero-order valence-electron chi connectivity index (χ0n) is 10.1. The van der Waals surface area contributed by atoms with Crippen molar-refractivity contribution in [1.29, 1.82) is 0 Å². The molecule has 0 heterocycles. The molecule has 0 amide bonds. The highest BCUT2D eigenvalue weighted by Crippen LogP contribution is 2.29. The molecule has 2 aromatic rings. The molecule has 0 fully saturated rings. The number of halogens is 1. The lowest BCUT2D eigenvalue weighted by Gasteiger charge is -2.23. The Morgan fingerprint density at radius 3 is 2.28 bits per heavy atom. The lowest BCUT2D eigenvalue weighted by atomic mass is 9.99. The minimum atomic E-state index is -0.807. The van der Waals surface area contributed by atoms with Crippen molar-refractivity contribution in [2.45, 2.75) is 17.4 Å². The molecule has 0 aliphatic heterocycles. The van der Waals surface area contributed by atoms with Crippen LogP contribution in [0.1, 0.15) is 12.5 Å². The Balaban J connectivity index is 2.03. The molecule has 3 heteroatoms. The minimum absolute atomic E-state index is 0.638. The second kappa shape index (κ2) is 5.91. The first-order valence-corrected chi connectivity index (χ1v) is 7.52. The molecule has 0 spiro atoms. The van der Waals surface area contributed by atoms with Crippen molar-refractivity contribution in [1.82, 2.24) is 0 Å². The zero-order chi connectivity index (χ0) is 13.0. The third-order valence-corrected chi connectivity index (χ3v) is 4.57. The zero-order valence-corrected chi connectivity index (χ0v) is 12.5. The average molecular weight is 323 g/mol. The van der Waals surface area contributed by atoms with Gasteiger partial charge < -0.3 is 5.11 Å². The first-order chi connectivity index (χ1) is 8.58. The topological polar surface area (TPSA) is 20.2 Å². The van der Waals surface area contributed by atoms with Crippen LogP contribution in [0, 0.1) is 0 Å². The molecule has 0 saturated heterocycles. The Kier molecular flexibility index (Phi) is 4.49. The highest BCUT2D eigenvalue weighted by Gasteiger charge is 2.22. The summed E-state index contributed by atoms with van der Waals surface area (Å²) >= 11 is 5.07. The summed E-state index contributed by atoms with van der Waals surface area (Å²) in [5, 5.41) is 10.5. The largest absolute Gasteiger partial charge is 0.385 e. The number of hydrogen-bond acceptors (Lipinski definition) is 2. The third kappa shape index (κ3) is 3.61. The SMILES string of the molecule is CC(O)(CSc1ccc(Br)cc1)c1ccccc1. The van der Waals surface area contributed by atoms with Crippen molar-refractivity contribution < 1.29 is 5.11 Å². The molecular formula is C15H15BrOS. The van der Waals surface area contributed by atoms with Crippen molar-refractivity contribution in [2.75, 3.05) is 5.75 Å². The number of hydrogen-bond donors (Lipinski definition) is 1. The Morgan fingerprint density at radius 2 is 1.67 bits per heavy atom. The predicted molar refractivity (Wildman–Crippen MR) is 80.9 cm³/mol. The van der Waals surface area contributed by atoms with E-state index in [9.17, 15) is 5.11 Å². The Bertz CT molecular complexity index is 494. The Morgan fingerprint density at radius 1 is 1.06 bits per heavy atom. The summed E-state index contributed by atoms with van der Waals surface area (Å²) in [6.45, 7) is 1.86. The van der Waals surface area contributed by atoms with Gasteiger partial charge in [0.2, 0.25) is 0 Å². The van der Waals surface area contributed by atoms with E-state index in [0.29, 0.717) is 5.75 Å². The maximum Gasteiger partial charge on any atom is 0.0962 e. The molecule has 1 atom stereocenters. The second-order valence-corrected chi connectivity index (χ2v) is 6.35. The fourth-order valence-corrected chi connectivity index (χ4v) is 2.84. The summed E-state index contributed by atoms with van der Waals surface area (Å²) in [6, 6.07) is 17.9. The molecule has 1 N–H and O–H groups in total. The van der Waals surface area contributed by atoms with Crippen LogP contribution in [0.4, 0.5) is 0 Å². The van der Waals surface area contributed by atoms with E-state index >= 15 is 0 Å². The van der Waals surface area contributed by atoms with Crippen LogP contribution in [0.15, 0.2) is 64.0 Å². The van der Waals surface area contributed by atoms with Crippen LogP contribution in [0.5, 0.6) is 0 Å². The average Bonchev–Trinajstić information content (AvgIpc) is 2.39. The number of aliphatic hydroxyl groups is 1. The number of thioether (sulfide) groups is 1. The van der Waals surface area contributed by atoms with Gasteiger partial charge in [-0.1, -0.05) is 46.3 Å². The van der Waals surface area contributed by atoms with Gasteiger partial charge in [0.05, 0.1) is 5.60 Å². The van der Waals surface area contributed by atoms with Crippen LogP contribution in [0.25, 0.3) is 0 Å². The van der Waals surface area contributed by atoms with E-state index in [1.165, 1.54) is 0 Å². The van der Waals surface area contributed by atoms with E-state index in [2.05, 4.69) is 28.1 Å². The van der Waals surface area contributed by atoms with Crippen LogP contribution in [0.3, 0.4) is 0 Å². The minimum Gasteiger partial charge on any atom is -0.385 e. The maximum absolute atomic E-state index is 10.5. The summed E-state index contributed by atoms with van der Waals surface area (Å²) in [5.41, 5.74) is 0.147. The summed E-state index contributed by atoms with van der Waals surface area (Å²) < 4.78 is 1.07. The lowest BCUT2D eigenvalue weighted by Crippen LogP contribution is -2.24. The van der Waals surface area contributed by atoms with E-state index in [4.69, 9.17) is 0 Å². The standard InChI is InChI=1S/C15H15BrOS/c1-15(17,12-5-3-2-4-6-12)11-18-14-9-7-13(16)8-10-14/h2-10,17H,11H2,1H3. The summed E-state index contributed by atoms with van der Waals surface area (Å²) in [7, 11) is 0. The Labute approximate surface area is 120 Å². The van der Waals surface area contributed by atoms with Crippen LogP contribution >= 0.6 is 27.7 Å².